The number of hydrogen-bond donors (Lipinski definition) is 1. The monoisotopic (exact) mass is 326 g/mol. The van der Waals surface area contributed by atoms with Crippen LogP contribution >= 0.6 is 0 Å². The van der Waals surface area contributed by atoms with E-state index in [4.69, 9.17) is 0 Å². The summed E-state index contributed by atoms with van der Waals surface area (Å²) in [6, 6.07) is 14.8. The van der Waals surface area contributed by atoms with E-state index >= 15 is 0 Å². The van der Waals surface area contributed by atoms with E-state index in [1.165, 1.54) is 6.08 Å². The van der Waals surface area contributed by atoms with Crippen molar-refractivity contribution in [2.75, 3.05) is 0 Å². The summed E-state index contributed by atoms with van der Waals surface area (Å²) in [7, 11) is -4.31. The van der Waals surface area contributed by atoms with Gasteiger partial charge in [-0.2, -0.15) is 8.42 Å². The SMILES string of the molecule is C=Cc1ccc2c(ccc3ccccc32)c1S(=O)(=O)O.[Ca+2].[H-].[H-]. The fraction of sp³-hybridized carbons (Fsp3) is 0. The molecule has 1 N–H and O–H groups in total. The molecule has 0 aromatic heterocycles. The van der Waals surface area contributed by atoms with Gasteiger partial charge in [-0.3, -0.25) is 4.55 Å². The average molecular weight is 326 g/mol. The Bertz CT molecular complexity index is 956. The molecule has 5 heteroatoms. The standard InChI is InChI=1S/C16H12O3S.Ca.2H/c1-2-11-7-9-14-13-6-4-3-5-12(13)8-10-15(14)16(11)20(17,18)19;;;/h2-10H,1H2,(H,17,18,19);;;/q;+2;2*-1. The number of hydrogen-bond acceptors (Lipinski definition) is 2. The minimum Gasteiger partial charge on any atom is -1.00 e. The third-order valence-electron chi connectivity index (χ3n) is 3.38. The van der Waals surface area contributed by atoms with E-state index < -0.39 is 10.1 Å². The molecule has 0 bridgehead atoms. The topological polar surface area (TPSA) is 54.4 Å². The Morgan fingerprint density at radius 2 is 1.62 bits per heavy atom. The minimum atomic E-state index is -4.31. The van der Waals surface area contributed by atoms with Crippen LogP contribution in [0.2, 0.25) is 0 Å². The Hall–Kier alpha value is -0.910. The van der Waals surface area contributed by atoms with Crippen LogP contribution in [0.1, 0.15) is 8.42 Å². The molecule has 0 radical (unpaired) electrons. The molecule has 3 nitrogen and oxygen atoms in total. The first kappa shape index (κ1) is 16.5. The normalized spacial score (nSPS) is 11.3. The van der Waals surface area contributed by atoms with Gasteiger partial charge in [0.15, 0.2) is 0 Å². The van der Waals surface area contributed by atoms with E-state index in [0.717, 1.165) is 16.2 Å². The van der Waals surface area contributed by atoms with Gasteiger partial charge in [-0.25, -0.2) is 0 Å². The van der Waals surface area contributed by atoms with Crippen LogP contribution in [-0.2, 0) is 10.1 Å². The Labute approximate surface area is 156 Å². The van der Waals surface area contributed by atoms with Crippen molar-refractivity contribution < 1.29 is 15.8 Å². The smallest absolute Gasteiger partial charge is 1.00 e. The van der Waals surface area contributed by atoms with Gasteiger partial charge < -0.3 is 2.85 Å². The van der Waals surface area contributed by atoms with Crippen molar-refractivity contribution in [1.82, 2.24) is 0 Å². The van der Waals surface area contributed by atoms with Gasteiger partial charge in [0.2, 0.25) is 0 Å². The Morgan fingerprint density at radius 3 is 2.29 bits per heavy atom. The molecule has 0 saturated carbocycles. The Kier molecular flexibility index (Phi) is 4.75. The van der Waals surface area contributed by atoms with Crippen LogP contribution in [0.15, 0.2) is 60.0 Å². The minimum absolute atomic E-state index is 0. The fourth-order valence-corrected chi connectivity index (χ4v) is 3.43. The fourth-order valence-electron chi connectivity index (χ4n) is 2.53. The third-order valence-corrected chi connectivity index (χ3v) is 4.36. The number of benzene rings is 3. The van der Waals surface area contributed by atoms with Gasteiger partial charge in [0.25, 0.3) is 10.1 Å². The summed E-state index contributed by atoms with van der Waals surface area (Å²) in [4.78, 5) is -0.0873. The van der Waals surface area contributed by atoms with Gasteiger partial charge in [-0.15, -0.1) is 0 Å². The van der Waals surface area contributed by atoms with Gasteiger partial charge in [0, 0.05) is 5.39 Å². The summed E-state index contributed by atoms with van der Waals surface area (Å²) in [5.41, 5.74) is 0.398. The predicted octanol–water partition coefficient (Wildman–Crippen LogP) is 3.73. The maximum Gasteiger partial charge on any atom is 2.00 e. The van der Waals surface area contributed by atoms with Crippen molar-refractivity contribution in [3.8, 4) is 0 Å². The van der Waals surface area contributed by atoms with Crippen molar-refractivity contribution in [1.29, 1.82) is 0 Å². The van der Waals surface area contributed by atoms with Gasteiger partial charge >= 0.3 is 37.7 Å². The van der Waals surface area contributed by atoms with Crippen molar-refractivity contribution >= 4 is 75.5 Å². The summed E-state index contributed by atoms with van der Waals surface area (Å²) in [5.74, 6) is 0. The van der Waals surface area contributed by atoms with Crippen LogP contribution in [0.5, 0.6) is 0 Å². The van der Waals surface area contributed by atoms with Crippen LogP contribution in [0.3, 0.4) is 0 Å². The van der Waals surface area contributed by atoms with E-state index in [0.29, 0.717) is 10.9 Å². The first-order valence-corrected chi connectivity index (χ1v) is 7.51. The zero-order chi connectivity index (χ0) is 14.3. The molecule has 0 spiro atoms. The molecule has 0 aliphatic heterocycles. The number of fused-ring (bicyclic) bond motifs is 3. The van der Waals surface area contributed by atoms with E-state index in [2.05, 4.69) is 6.58 Å². The molecule has 3 aromatic rings. The second kappa shape index (κ2) is 6.07. The molecule has 0 amide bonds. The summed E-state index contributed by atoms with van der Waals surface area (Å²) < 4.78 is 32.8. The van der Waals surface area contributed by atoms with Gasteiger partial charge in [-0.1, -0.05) is 61.2 Å². The number of rotatable bonds is 2. The van der Waals surface area contributed by atoms with E-state index in [1.54, 1.807) is 12.1 Å². The maximum absolute atomic E-state index is 11.7. The van der Waals surface area contributed by atoms with Gasteiger partial charge in [-0.05, 0) is 21.7 Å². The molecule has 3 aromatic carbocycles. The van der Waals surface area contributed by atoms with Crippen molar-refractivity contribution in [2.45, 2.75) is 4.90 Å². The molecule has 21 heavy (non-hydrogen) atoms. The Morgan fingerprint density at radius 1 is 0.952 bits per heavy atom. The molecule has 0 atom stereocenters. The molecule has 0 aliphatic rings. The average Bonchev–Trinajstić information content (AvgIpc) is 2.44. The molecule has 0 heterocycles. The Balaban J connectivity index is 0.00000161. The van der Waals surface area contributed by atoms with Crippen LogP contribution < -0.4 is 0 Å². The molecular weight excluding hydrogens is 312 g/mol. The summed E-state index contributed by atoms with van der Waals surface area (Å²) in [6.07, 6.45) is 1.43. The summed E-state index contributed by atoms with van der Waals surface area (Å²) >= 11 is 0. The second-order valence-electron chi connectivity index (χ2n) is 4.54. The van der Waals surface area contributed by atoms with Crippen molar-refractivity contribution in [2.24, 2.45) is 0 Å². The molecule has 3 rings (SSSR count). The molecule has 0 saturated heterocycles. The van der Waals surface area contributed by atoms with E-state index in [-0.39, 0.29) is 45.5 Å². The third kappa shape index (κ3) is 2.87. The van der Waals surface area contributed by atoms with Crippen LogP contribution in [-0.4, -0.2) is 50.7 Å². The van der Waals surface area contributed by atoms with Crippen LogP contribution in [0.25, 0.3) is 27.6 Å². The van der Waals surface area contributed by atoms with Crippen molar-refractivity contribution in [3.63, 3.8) is 0 Å². The second-order valence-corrected chi connectivity index (χ2v) is 5.90. The molecule has 0 unspecified atom stereocenters. The van der Waals surface area contributed by atoms with Crippen LogP contribution in [0, 0.1) is 0 Å². The van der Waals surface area contributed by atoms with Gasteiger partial charge in [0.05, 0.1) is 0 Å². The van der Waals surface area contributed by atoms with Crippen LogP contribution in [0.4, 0.5) is 0 Å². The summed E-state index contributed by atoms with van der Waals surface area (Å²) in [5, 5.41) is 3.27. The predicted molar refractivity (Wildman–Crippen MR) is 89.3 cm³/mol. The largest absolute Gasteiger partial charge is 2.00 e. The molecular formula is C16H14CaO3S. The zero-order valence-corrected chi connectivity index (χ0v) is 14.3. The van der Waals surface area contributed by atoms with E-state index in [1.807, 2.05) is 36.4 Å². The van der Waals surface area contributed by atoms with Gasteiger partial charge in [0.1, 0.15) is 4.90 Å². The summed E-state index contributed by atoms with van der Waals surface area (Å²) in [6.45, 7) is 3.60. The first-order valence-electron chi connectivity index (χ1n) is 6.07. The molecule has 0 aliphatic carbocycles. The first-order chi connectivity index (χ1) is 9.52. The molecule has 0 fully saturated rings. The van der Waals surface area contributed by atoms with Crippen molar-refractivity contribution in [3.05, 3.63) is 60.7 Å². The molecule has 104 valence electrons. The quantitative estimate of drug-likeness (QED) is 0.443. The zero-order valence-electron chi connectivity index (χ0n) is 13.3. The maximum atomic E-state index is 11.7. The van der Waals surface area contributed by atoms with E-state index in [9.17, 15) is 13.0 Å².